The van der Waals surface area contributed by atoms with Gasteiger partial charge in [-0.15, -0.1) is 5.10 Å². The SMILES string of the molecule is CCn1nnc2ccc(C3=CCc4nc(NCC(C)(C)F)ncc43)cc21. The van der Waals surface area contributed by atoms with Crippen LogP contribution in [0.15, 0.2) is 30.5 Å². The van der Waals surface area contributed by atoms with Gasteiger partial charge in [-0.05, 0) is 44.0 Å². The van der Waals surface area contributed by atoms with Crippen molar-refractivity contribution in [1.29, 1.82) is 0 Å². The fraction of sp³-hybridized carbons (Fsp3) is 0.368. The van der Waals surface area contributed by atoms with Crippen LogP contribution in [0.2, 0.25) is 0 Å². The van der Waals surface area contributed by atoms with Crippen molar-refractivity contribution in [3.05, 3.63) is 47.3 Å². The molecule has 0 amide bonds. The molecule has 0 unspecified atom stereocenters. The summed E-state index contributed by atoms with van der Waals surface area (Å²) in [5, 5.41) is 11.3. The molecule has 3 aromatic rings. The second-order valence-corrected chi connectivity index (χ2v) is 7.06. The van der Waals surface area contributed by atoms with Gasteiger partial charge in [0, 0.05) is 24.7 Å². The van der Waals surface area contributed by atoms with Gasteiger partial charge in [0.05, 0.1) is 17.8 Å². The van der Waals surface area contributed by atoms with E-state index in [2.05, 4.69) is 43.8 Å². The Morgan fingerprint density at radius 2 is 2.15 bits per heavy atom. The zero-order valence-corrected chi connectivity index (χ0v) is 15.1. The van der Waals surface area contributed by atoms with Gasteiger partial charge >= 0.3 is 0 Å². The molecule has 0 saturated heterocycles. The summed E-state index contributed by atoms with van der Waals surface area (Å²) in [5.74, 6) is 0.466. The van der Waals surface area contributed by atoms with Crippen molar-refractivity contribution in [1.82, 2.24) is 25.0 Å². The highest BCUT2D eigenvalue weighted by molar-refractivity contribution is 5.88. The Labute approximate surface area is 151 Å². The van der Waals surface area contributed by atoms with Gasteiger partial charge in [0.1, 0.15) is 11.2 Å². The van der Waals surface area contributed by atoms with Crippen molar-refractivity contribution in [3.63, 3.8) is 0 Å². The lowest BCUT2D eigenvalue weighted by atomic mass is 10.0. The first-order valence-corrected chi connectivity index (χ1v) is 8.77. The molecule has 6 nitrogen and oxygen atoms in total. The molecule has 1 aromatic carbocycles. The van der Waals surface area contributed by atoms with E-state index in [1.54, 1.807) is 0 Å². The van der Waals surface area contributed by atoms with Crippen LogP contribution in [-0.2, 0) is 13.0 Å². The molecule has 1 aliphatic carbocycles. The fourth-order valence-corrected chi connectivity index (χ4v) is 3.12. The molecular formula is C19H21FN6. The Morgan fingerprint density at radius 3 is 2.92 bits per heavy atom. The standard InChI is InChI=1S/C19H21FN6/c1-4-26-17-9-12(5-7-16(17)24-25-26)13-6-8-15-14(13)10-21-18(23-15)22-11-19(2,3)20/h5-7,9-10H,4,8,11H2,1-3H3,(H,21,22,23). The van der Waals surface area contributed by atoms with E-state index in [0.717, 1.165) is 46.4 Å². The van der Waals surface area contributed by atoms with Crippen LogP contribution in [0, 0.1) is 0 Å². The smallest absolute Gasteiger partial charge is 0.223 e. The van der Waals surface area contributed by atoms with Crippen LogP contribution in [0.3, 0.4) is 0 Å². The Balaban J connectivity index is 1.63. The molecule has 0 atom stereocenters. The van der Waals surface area contributed by atoms with Crippen LogP contribution in [0.1, 0.15) is 37.6 Å². The van der Waals surface area contributed by atoms with Crippen LogP contribution in [0.4, 0.5) is 10.3 Å². The van der Waals surface area contributed by atoms with Crippen LogP contribution in [-0.4, -0.2) is 37.2 Å². The molecule has 1 N–H and O–H groups in total. The normalized spacial score (nSPS) is 13.8. The number of hydrogen-bond donors (Lipinski definition) is 1. The molecule has 0 bridgehead atoms. The maximum absolute atomic E-state index is 13.7. The van der Waals surface area contributed by atoms with Gasteiger partial charge in [-0.25, -0.2) is 19.0 Å². The highest BCUT2D eigenvalue weighted by Gasteiger charge is 2.20. The van der Waals surface area contributed by atoms with Crippen molar-refractivity contribution in [2.75, 3.05) is 11.9 Å². The molecule has 2 heterocycles. The number of anilines is 1. The number of alkyl halides is 1. The highest BCUT2D eigenvalue weighted by atomic mass is 19.1. The Kier molecular flexibility index (Phi) is 3.94. The minimum Gasteiger partial charge on any atom is -0.351 e. The summed E-state index contributed by atoms with van der Waals surface area (Å²) in [6, 6.07) is 6.15. The van der Waals surface area contributed by atoms with E-state index in [1.165, 1.54) is 13.8 Å². The van der Waals surface area contributed by atoms with Crippen molar-refractivity contribution in [3.8, 4) is 0 Å². The van der Waals surface area contributed by atoms with E-state index >= 15 is 0 Å². The largest absolute Gasteiger partial charge is 0.351 e. The summed E-state index contributed by atoms with van der Waals surface area (Å²) in [5.41, 5.74) is 4.78. The average molecular weight is 352 g/mol. The van der Waals surface area contributed by atoms with E-state index in [-0.39, 0.29) is 6.54 Å². The number of aryl methyl sites for hydroxylation is 1. The predicted molar refractivity (Wildman–Crippen MR) is 99.7 cm³/mol. The van der Waals surface area contributed by atoms with E-state index in [1.807, 2.05) is 23.9 Å². The summed E-state index contributed by atoms with van der Waals surface area (Å²) in [4.78, 5) is 8.90. The van der Waals surface area contributed by atoms with E-state index in [9.17, 15) is 4.39 Å². The zero-order valence-electron chi connectivity index (χ0n) is 15.1. The van der Waals surface area contributed by atoms with Gasteiger partial charge in [-0.1, -0.05) is 17.4 Å². The molecule has 7 heteroatoms. The van der Waals surface area contributed by atoms with Gasteiger partial charge in [-0.3, -0.25) is 0 Å². The van der Waals surface area contributed by atoms with Gasteiger partial charge in [0.25, 0.3) is 0 Å². The van der Waals surface area contributed by atoms with Crippen molar-refractivity contribution in [2.24, 2.45) is 0 Å². The third-order valence-corrected chi connectivity index (χ3v) is 4.45. The number of rotatable bonds is 5. The molecule has 2 aromatic heterocycles. The number of nitrogens with zero attached hydrogens (tertiary/aromatic N) is 5. The van der Waals surface area contributed by atoms with Crippen molar-refractivity contribution < 1.29 is 4.39 Å². The monoisotopic (exact) mass is 352 g/mol. The van der Waals surface area contributed by atoms with Crippen LogP contribution < -0.4 is 5.32 Å². The van der Waals surface area contributed by atoms with Gasteiger partial charge in [0.2, 0.25) is 5.95 Å². The van der Waals surface area contributed by atoms with Crippen LogP contribution >= 0.6 is 0 Å². The lowest BCUT2D eigenvalue weighted by Crippen LogP contribution is -2.25. The quantitative estimate of drug-likeness (QED) is 0.762. The molecule has 0 fully saturated rings. The summed E-state index contributed by atoms with van der Waals surface area (Å²) in [7, 11) is 0. The molecule has 0 aliphatic heterocycles. The second kappa shape index (κ2) is 6.16. The predicted octanol–water partition coefficient (Wildman–Crippen LogP) is 3.39. The molecule has 134 valence electrons. The van der Waals surface area contributed by atoms with Gasteiger partial charge in [-0.2, -0.15) is 0 Å². The summed E-state index contributed by atoms with van der Waals surface area (Å²) >= 11 is 0. The number of fused-ring (bicyclic) bond motifs is 2. The summed E-state index contributed by atoms with van der Waals surface area (Å²) in [6.07, 6.45) is 4.71. The highest BCUT2D eigenvalue weighted by Crippen LogP contribution is 2.33. The number of nitrogens with one attached hydrogen (secondary N) is 1. The topological polar surface area (TPSA) is 68.5 Å². The Hall–Kier alpha value is -2.83. The molecule has 0 spiro atoms. The first kappa shape index (κ1) is 16.6. The number of allylic oxidation sites excluding steroid dienone is 1. The number of hydrogen-bond acceptors (Lipinski definition) is 5. The number of aromatic nitrogens is 5. The molecule has 0 radical (unpaired) electrons. The third kappa shape index (κ3) is 3.05. The lowest BCUT2D eigenvalue weighted by molar-refractivity contribution is 0.234. The third-order valence-electron chi connectivity index (χ3n) is 4.45. The van der Waals surface area contributed by atoms with E-state index in [4.69, 9.17) is 0 Å². The van der Waals surface area contributed by atoms with Gasteiger partial charge < -0.3 is 5.32 Å². The van der Waals surface area contributed by atoms with Crippen molar-refractivity contribution >= 4 is 22.6 Å². The average Bonchev–Trinajstić information content (AvgIpc) is 3.22. The Morgan fingerprint density at radius 1 is 1.31 bits per heavy atom. The summed E-state index contributed by atoms with van der Waals surface area (Å²) < 4.78 is 15.5. The van der Waals surface area contributed by atoms with Crippen LogP contribution in [0.25, 0.3) is 16.6 Å². The molecule has 0 saturated carbocycles. The maximum Gasteiger partial charge on any atom is 0.223 e. The first-order chi connectivity index (χ1) is 12.4. The molecule has 26 heavy (non-hydrogen) atoms. The first-order valence-electron chi connectivity index (χ1n) is 8.77. The lowest BCUT2D eigenvalue weighted by Gasteiger charge is -2.15. The van der Waals surface area contributed by atoms with Crippen molar-refractivity contribution in [2.45, 2.75) is 39.4 Å². The molecule has 4 rings (SSSR count). The molecular weight excluding hydrogens is 331 g/mol. The van der Waals surface area contributed by atoms with E-state index in [0.29, 0.717) is 5.95 Å². The maximum atomic E-state index is 13.7. The van der Waals surface area contributed by atoms with Crippen LogP contribution in [0.5, 0.6) is 0 Å². The number of benzene rings is 1. The number of halogens is 1. The van der Waals surface area contributed by atoms with Gasteiger partial charge in [0.15, 0.2) is 0 Å². The molecule has 1 aliphatic rings. The second-order valence-electron chi connectivity index (χ2n) is 7.06. The Bertz CT molecular complexity index is 999. The zero-order chi connectivity index (χ0) is 18.3. The minimum absolute atomic E-state index is 0.177. The van der Waals surface area contributed by atoms with E-state index < -0.39 is 5.67 Å². The summed E-state index contributed by atoms with van der Waals surface area (Å²) in [6.45, 7) is 6.06. The minimum atomic E-state index is -1.31. The fourth-order valence-electron chi connectivity index (χ4n) is 3.12.